The van der Waals surface area contributed by atoms with Crippen LogP contribution < -0.4 is 10.6 Å². The van der Waals surface area contributed by atoms with Crippen molar-refractivity contribution in [2.45, 2.75) is 32.4 Å². The van der Waals surface area contributed by atoms with E-state index in [1.807, 2.05) is 14.1 Å². The lowest BCUT2D eigenvalue weighted by Crippen LogP contribution is -2.52. The molecule has 0 spiro atoms. The SMILES string of the molecule is CC(C)CC(CN(C)C)NC(=O)C1CNCCO1.Cl.Cl. The molecule has 1 aliphatic heterocycles. The molecule has 1 rings (SSSR count). The van der Waals surface area contributed by atoms with E-state index in [0.717, 1.165) is 19.5 Å². The lowest BCUT2D eigenvalue weighted by atomic mass is 10.0. The third-order valence-electron chi connectivity index (χ3n) is 2.91. The van der Waals surface area contributed by atoms with Crippen molar-refractivity contribution >= 4 is 30.7 Å². The Hall–Kier alpha value is -0.0700. The van der Waals surface area contributed by atoms with Crippen LogP contribution in [-0.2, 0) is 9.53 Å². The fraction of sp³-hybridized carbons (Fsp3) is 0.923. The zero-order valence-corrected chi connectivity index (χ0v) is 14.5. The van der Waals surface area contributed by atoms with Gasteiger partial charge >= 0.3 is 0 Å². The molecule has 0 bridgehead atoms. The van der Waals surface area contributed by atoms with Crippen LogP contribution in [0.15, 0.2) is 0 Å². The van der Waals surface area contributed by atoms with E-state index in [9.17, 15) is 4.79 Å². The summed E-state index contributed by atoms with van der Waals surface area (Å²) < 4.78 is 5.46. The topological polar surface area (TPSA) is 53.6 Å². The van der Waals surface area contributed by atoms with Crippen LogP contribution in [-0.4, -0.2) is 63.3 Å². The lowest BCUT2D eigenvalue weighted by Gasteiger charge is -2.28. The normalized spacial score (nSPS) is 20.0. The van der Waals surface area contributed by atoms with Crippen molar-refractivity contribution in [3.05, 3.63) is 0 Å². The Morgan fingerprint density at radius 2 is 2.05 bits per heavy atom. The standard InChI is InChI=1S/C13H27N3O2.2ClH/c1-10(2)7-11(9-16(3)4)15-13(17)12-8-14-5-6-18-12;;/h10-12,14H,5-9H2,1-4H3,(H,15,17);2*1H. The number of amides is 1. The highest BCUT2D eigenvalue weighted by Crippen LogP contribution is 2.07. The van der Waals surface area contributed by atoms with E-state index in [4.69, 9.17) is 4.74 Å². The number of carbonyl (C=O) groups is 1. The molecule has 1 heterocycles. The van der Waals surface area contributed by atoms with Crippen LogP contribution in [0.1, 0.15) is 20.3 Å². The highest BCUT2D eigenvalue weighted by molar-refractivity contribution is 5.85. The van der Waals surface area contributed by atoms with Gasteiger partial charge < -0.3 is 20.3 Å². The molecule has 0 aromatic heterocycles. The average Bonchev–Trinajstić information content (AvgIpc) is 2.28. The average molecular weight is 330 g/mol. The van der Waals surface area contributed by atoms with Crippen LogP contribution in [0, 0.1) is 5.92 Å². The fourth-order valence-electron chi connectivity index (χ4n) is 2.22. The number of carbonyl (C=O) groups excluding carboxylic acids is 1. The Morgan fingerprint density at radius 1 is 1.40 bits per heavy atom. The molecule has 2 atom stereocenters. The molecule has 0 aromatic carbocycles. The third kappa shape index (κ3) is 8.97. The van der Waals surface area contributed by atoms with Crippen LogP contribution in [0.3, 0.4) is 0 Å². The Morgan fingerprint density at radius 3 is 2.50 bits per heavy atom. The van der Waals surface area contributed by atoms with E-state index in [-0.39, 0.29) is 42.9 Å². The summed E-state index contributed by atoms with van der Waals surface area (Å²) in [6.07, 6.45) is 0.653. The zero-order chi connectivity index (χ0) is 13.5. The summed E-state index contributed by atoms with van der Waals surface area (Å²) in [6, 6.07) is 0.193. The van der Waals surface area contributed by atoms with Gasteiger partial charge in [0.25, 0.3) is 5.91 Å². The van der Waals surface area contributed by atoms with Gasteiger partial charge in [0, 0.05) is 25.7 Å². The number of halogens is 2. The molecule has 1 aliphatic rings. The van der Waals surface area contributed by atoms with E-state index in [2.05, 4.69) is 29.4 Å². The van der Waals surface area contributed by atoms with Gasteiger partial charge in [-0.25, -0.2) is 0 Å². The first-order chi connectivity index (χ1) is 8.49. The van der Waals surface area contributed by atoms with Gasteiger partial charge in [-0.15, -0.1) is 24.8 Å². The maximum Gasteiger partial charge on any atom is 0.250 e. The summed E-state index contributed by atoms with van der Waals surface area (Å²) >= 11 is 0. The third-order valence-corrected chi connectivity index (χ3v) is 2.91. The van der Waals surface area contributed by atoms with Crippen molar-refractivity contribution < 1.29 is 9.53 Å². The number of morpholine rings is 1. The molecule has 0 aliphatic carbocycles. The summed E-state index contributed by atoms with van der Waals surface area (Å²) in [7, 11) is 4.05. The molecule has 122 valence electrons. The summed E-state index contributed by atoms with van der Waals surface area (Å²) in [5.41, 5.74) is 0. The number of hydrogen-bond donors (Lipinski definition) is 2. The number of hydrogen-bond acceptors (Lipinski definition) is 4. The molecule has 1 fully saturated rings. The Labute approximate surface area is 135 Å². The number of rotatable bonds is 6. The van der Waals surface area contributed by atoms with Crippen molar-refractivity contribution in [2.24, 2.45) is 5.92 Å². The first-order valence-electron chi connectivity index (χ1n) is 6.76. The van der Waals surface area contributed by atoms with Gasteiger partial charge in [-0.05, 0) is 26.4 Å². The van der Waals surface area contributed by atoms with Crippen LogP contribution in [0.5, 0.6) is 0 Å². The quantitative estimate of drug-likeness (QED) is 0.760. The highest BCUT2D eigenvalue weighted by atomic mass is 35.5. The van der Waals surface area contributed by atoms with Crippen LogP contribution in [0.4, 0.5) is 0 Å². The predicted molar refractivity (Wildman–Crippen MR) is 87.0 cm³/mol. The van der Waals surface area contributed by atoms with Crippen LogP contribution >= 0.6 is 24.8 Å². The van der Waals surface area contributed by atoms with Crippen molar-refractivity contribution in [1.82, 2.24) is 15.5 Å². The molecule has 1 amide bonds. The van der Waals surface area contributed by atoms with E-state index in [0.29, 0.717) is 19.1 Å². The number of nitrogens with zero attached hydrogens (tertiary/aromatic N) is 1. The molecule has 20 heavy (non-hydrogen) atoms. The molecule has 2 N–H and O–H groups in total. The Balaban J connectivity index is 0. The maximum atomic E-state index is 12.1. The van der Waals surface area contributed by atoms with Gasteiger partial charge in [0.15, 0.2) is 0 Å². The monoisotopic (exact) mass is 329 g/mol. The molecule has 7 heteroatoms. The first-order valence-corrected chi connectivity index (χ1v) is 6.76. The Kier molecular flexibility index (Phi) is 12.9. The molecule has 0 aromatic rings. The molecular formula is C13H29Cl2N3O2. The summed E-state index contributed by atoms with van der Waals surface area (Å²) in [4.78, 5) is 14.2. The minimum absolute atomic E-state index is 0. The molecule has 0 saturated carbocycles. The summed E-state index contributed by atoms with van der Waals surface area (Å²) in [5.74, 6) is 0.579. The lowest BCUT2D eigenvalue weighted by molar-refractivity contribution is -0.135. The van der Waals surface area contributed by atoms with Crippen molar-refractivity contribution in [3.63, 3.8) is 0 Å². The van der Waals surface area contributed by atoms with Gasteiger partial charge in [0.1, 0.15) is 6.10 Å². The predicted octanol–water partition coefficient (Wildman–Crippen LogP) is 0.911. The smallest absolute Gasteiger partial charge is 0.250 e. The largest absolute Gasteiger partial charge is 0.366 e. The van der Waals surface area contributed by atoms with Gasteiger partial charge in [-0.1, -0.05) is 13.8 Å². The zero-order valence-electron chi connectivity index (χ0n) is 12.8. The van der Waals surface area contributed by atoms with Crippen molar-refractivity contribution in [2.75, 3.05) is 40.3 Å². The summed E-state index contributed by atoms with van der Waals surface area (Å²) in [6.45, 7) is 7.27. The molecule has 0 radical (unpaired) electrons. The van der Waals surface area contributed by atoms with Crippen molar-refractivity contribution in [3.8, 4) is 0 Å². The second-order valence-electron chi connectivity index (χ2n) is 5.66. The van der Waals surface area contributed by atoms with E-state index >= 15 is 0 Å². The number of likely N-dealkylation sites (N-methyl/N-ethyl adjacent to an activating group) is 1. The highest BCUT2D eigenvalue weighted by Gasteiger charge is 2.24. The first kappa shape index (κ1) is 22.2. The van der Waals surface area contributed by atoms with Gasteiger partial charge in [0.05, 0.1) is 6.61 Å². The fourth-order valence-corrected chi connectivity index (χ4v) is 2.22. The minimum atomic E-state index is -0.337. The van der Waals surface area contributed by atoms with Gasteiger partial charge in [0.2, 0.25) is 0 Å². The van der Waals surface area contributed by atoms with Gasteiger partial charge in [-0.3, -0.25) is 4.79 Å². The second-order valence-corrected chi connectivity index (χ2v) is 5.66. The molecule has 5 nitrogen and oxygen atoms in total. The second kappa shape index (κ2) is 11.6. The minimum Gasteiger partial charge on any atom is -0.366 e. The van der Waals surface area contributed by atoms with Crippen molar-refractivity contribution in [1.29, 1.82) is 0 Å². The van der Waals surface area contributed by atoms with Gasteiger partial charge in [-0.2, -0.15) is 0 Å². The van der Waals surface area contributed by atoms with E-state index < -0.39 is 0 Å². The molecule has 1 saturated heterocycles. The molecular weight excluding hydrogens is 301 g/mol. The van der Waals surface area contributed by atoms with Crippen LogP contribution in [0.25, 0.3) is 0 Å². The number of nitrogens with one attached hydrogen (secondary N) is 2. The van der Waals surface area contributed by atoms with E-state index in [1.165, 1.54) is 0 Å². The van der Waals surface area contributed by atoms with E-state index in [1.54, 1.807) is 0 Å². The summed E-state index contributed by atoms with van der Waals surface area (Å²) in [5, 5.41) is 6.28. The number of ether oxygens (including phenoxy) is 1. The van der Waals surface area contributed by atoms with Crippen LogP contribution in [0.2, 0.25) is 0 Å². The maximum absolute atomic E-state index is 12.1. The Bertz CT molecular complexity index is 250. The molecule has 2 unspecified atom stereocenters.